The fraction of sp³-hybridized carbons (Fsp3) is 0.929. The summed E-state index contributed by atoms with van der Waals surface area (Å²) in [6.07, 6.45) is 3.67. The van der Waals surface area contributed by atoms with E-state index in [2.05, 4.69) is 11.9 Å². The summed E-state index contributed by atoms with van der Waals surface area (Å²) < 4.78 is 5.41. The Bertz CT molecular complexity index is 307. The molecule has 2 rings (SSSR count). The molecule has 0 spiro atoms. The van der Waals surface area contributed by atoms with E-state index >= 15 is 0 Å². The normalized spacial score (nSPS) is 24.7. The van der Waals surface area contributed by atoms with E-state index in [1.807, 2.05) is 25.7 Å². The first-order chi connectivity index (χ1) is 8.35. The first-order valence-corrected chi connectivity index (χ1v) is 7.03. The van der Waals surface area contributed by atoms with Crippen LogP contribution in [0.2, 0.25) is 0 Å². The van der Waals surface area contributed by atoms with Gasteiger partial charge in [0.15, 0.2) is 0 Å². The monoisotopic (exact) mass is 254 g/mol. The lowest BCUT2D eigenvalue weighted by molar-refractivity contribution is 0.0282. The fourth-order valence-corrected chi connectivity index (χ4v) is 2.45. The number of hydrogen-bond acceptors (Lipinski definition) is 3. The number of likely N-dealkylation sites (N-methyl/N-ethyl adjacent to an activating group) is 1. The van der Waals surface area contributed by atoms with E-state index in [4.69, 9.17) is 4.74 Å². The summed E-state index contributed by atoms with van der Waals surface area (Å²) in [5.41, 5.74) is -0.394. The summed E-state index contributed by atoms with van der Waals surface area (Å²) in [7, 11) is 2.18. The lowest BCUT2D eigenvalue weighted by Gasteiger charge is -2.26. The van der Waals surface area contributed by atoms with Crippen LogP contribution in [-0.4, -0.2) is 54.2 Å². The van der Waals surface area contributed by atoms with E-state index in [9.17, 15) is 4.79 Å². The summed E-state index contributed by atoms with van der Waals surface area (Å²) in [5, 5.41) is 0. The average Bonchev–Trinajstić information content (AvgIpc) is 2.91. The molecule has 1 heterocycles. The van der Waals surface area contributed by atoms with E-state index in [1.165, 1.54) is 19.4 Å². The van der Waals surface area contributed by atoms with Crippen LogP contribution in [-0.2, 0) is 4.74 Å². The lowest BCUT2D eigenvalue weighted by atomic mass is 10.2. The minimum atomic E-state index is -0.394. The lowest BCUT2D eigenvalue weighted by Crippen LogP contribution is -2.39. The fourth-order valence-electron chi connectivity index (χ4n) is 2.45. The second-order valence-corrected chi connectivity index (χ2v) is 6.75. The molecule has 2 fully saturated rings. The van der Waals surface area contributed by atoms with E-state index in [0.717, 1.165) is 25.4 Å². The van der Waals surface area contributed by atoms with Gasteiger partial charge < -0.3 is 14.5 Å². The van der Waals surface area contributed by atoms with Crippen molar-refractivity contribution < 1.29 is 9.53 Å². The maximum absolute atomic E-state index is 11.9. The molecule has 1 atom stereocenters. The second-order valence-electron chi connectivity index (χ2n) is 6.75. The number of nitrogens with zero attached hydrogens (tertiary/aromatic N) is 2. The van der Waals surface area contributed by atoms with Crippen molar-refractivity contribution >= 4 is 6.09 Å². The predicted molar refractivity (Wildman–Crippen MR) is 71.6 cm³/mol. The van der Waals surface area contributed by atoms with E-state index < -0.39 is 5.60 Å². The van der Waals surface area contributed by atoms with Gasteiger partial charge in [0.05, 0.1) is 0 Å². The number of carbonyl (C=O) groups is 1. The number of rotatable bonds is 3. The second kappa shape index (κ2) is 5.08. The Balaban J connectivity index is 1.78. The van der Waals surface area contributed by atoms with Crippen LogP contribution in [0.5, 0.6) is 0 Å². The largest absolute Gasteiger partial charge is 0.444 e. The Hall–Kier alpha value is -0.770. The average molecular weight is 254 g/mol. The topological polar surface area (TPSA) is 32.8 Å². The molecule has 0 unspecified atom stereocenters. The quantitative estimate of drug-likeness (QED) is 0.775. The van der Waals surface area contributed by atoms with Crippen molar-refractivity contribution in [1.82, 2.24) is 9.80 Å². The summed E-state index contributed by atoms with van der Waals surface area (Å²) in [5.74, 6) is 0.908. The van der Waals surface area contributed by atoms with Crippen LogP contribution in [0.4, 0.5) is 4.79 Å². The maximum Gasteiger partial charge on any atom is 0.410 e. The Morgan fingerprint density at radius 2 is 2.00 bits per heavy atom. The van der Waals surface area contributed by atoms with Crippen molar-refractivity contribution in [2.45, 2.75) is 51.7 Å². The van der Waals surface area contributed by atoms with Gasteiger partial charge in [0, 0.05) is 25.7 Å². The SMILES string of the molecule is CN(CC1CC1)[C@H]1CCN(C(=O)OC(C)(C)C)C1. The van der Waals surface area contributed by atoms with Crippen molar-refractivity contribution in [3.63, 3.8) is 0 Å². The van der Waals surface area contributed by atoms with Gasteiger partial charge in [-0.25, -0.2) is 4.79 Å². The summed E-state index contributed by atoms with van der Waals surface area (Å²) >= 11 is 0. The Morgan fingerprint density at radius 1 is 1.33 bits per heavy atom. The summed E-state index contributed by atoms with van der Waals surface area (Å²) in [6, 6.07) is 0.512. The molecule has 1 amide bonds. The third-order valence-corrected chi connectivity index (χ3v) is 3.68. The highest BCUT2D eigenvalue weighted by molar-refractivity contribution is 5.68. The molecule has 1 aliphatic heterocycles. The van der Waals surface area contributed by atoms with Crippen molar-refractivity contribution in [1.29, 1.82) is 0 Å². The summed E-state index contributed by atoms with van der Waals surface area (Å²) in [4.78, 5) is 16.2. The van der Waals surface area contributed by atoms with E-state index in [0.29, 0.717) is 6.04 Å². The van der Waals surface area contributed by atoms with Gasteiger partial charge in [-0.15, -0.1) is 0 Å². The van der Waals surface area contributed by atoms with Crippen LogP contribution >= 0.6 is 0 Å². The molecule has 0 aromatic carbocycles. The maximum atomic E-state index is 11.9. The van der Waals surface area contributed by atoms with Crippen LogP contribution < -0.4 is 0 Å². The zero-order valence-electron chi connectivity index (χ0n) is 12.1. The Morgan fingerprint density at radius 3 is 2.56 bits per heavy atom. The first-order valence-electron chi connectivity index (χ1n) is 7.03. The van der Waals surface area contributed by atoms with Gasteiger partial charge in [0.2, 0.25) is 0 Å². The molecule has 0 aromatic heterocycles. The molecular formula is C14H26N2O2. The number of carbonyl (C=O) groups excluding carboxylic acids is 1. The van der Waals surface area contributed by atoms with Gasteiger partial charge in [-0.3, -0.25) is 0 Å². The molecule has 2 aliphatic rings. The van der Waals surface area contributed by atoms with E-state index in [-0.39, 0.29) is 6.09 Å². The van der Waals surface area contributed by atoms with Crippen LogP contribution in [0.25, 0.3) is 0 Å². The smallest absolute Gasteiger partial charge is 0.410 e. The molecule has 4 nitrogen and oxygen atoms in total. The zero-order chi connectivity index (χ0) is 13.3. The number of amides is 1. The van der Waals surface area contributed by atoms with Crippen molar-refractivity contribution in [3.8, 4) is 0 Å². The van der Waals surface area contributed by atoms with Crippen molar-refractivity contribution in [2.75, 3.05) is 26.7 Å². The van der Waals surface area contributed by atoms with Gasteiger partial charge in [-0.1, -0.05) is 0 Å². The number of ether oxygens (including phenoxy) is 1. The third-order valence-electron chi connectivity index (χ3n) is 3.68. The molecule has 4 heteroatoms. The highest BCUT2D eigenvalue weighted by Gasteiger charge is 2.33. The highest BCUT2D eigenvalue weighted by Crippen LogP contribution is 2.30. The molecular weight excluding hydrogens is 228 g/mol. The third kappa shape index (κ3) is 3.87. The van der Waals surface area contributed by atoms with Gasteiger partial charge in [0.1, 0.15) is 5.60 Å². The Labute approximate surface area is 110 Å². The van der Waals surface area contributed by atoms with Gasteiger partial charge in [-0.2, -0.15) is 0 Å². The molecule has 0 N–H and O–H groups in total. The van der Waals surface area contributed by atoms with Gasteiger partial charge in [-0.05, 0) is 53.0 Å². The minimum absolute atomic E-state index is 0.162. The molecule has 18 heavy (non-hydrogen) atoms. The standard InChI is InChI=1S/C14H26N2O2/c1-14(2,3)18-13(17)16-8-7-12(10-16)15(4)9-11-5-6-11/h11-12H,5-10H2,1-4H3/t12-/m0/s1. The Kier molecular flexibility index (Phi) is 3.85. The molecule has 1 saturated carbocycles. The molecule has 0 aromatic rings. The van der Waals surface area contributed by atoms with Crippen LogP contribution in [0.3, 0.4) is 0 Å². The van der Waals surface area contributed by atoms with Crippen LogP contribution in [0.1, 0.15) is 40.0 Å². The van der Waals surface area contributed by atoms with E-state index in [1.54, 1.807) is 0 Å². The van der Waals surface area contributed by atoms with Gasteiger partial charge in [0.25, 0.3) is 0 Å². The van der Waals surface area contributed by atoms with Crippen LogP contribution in [0.15, 0.2) is 0 Å². The zero-order valence-corrected chi connectivity index (χ0v) is 12.1. The summed E-state index contributed by atoms with van der Waals surface area (Å²) in [6.45, 7) is 8.58. The molecule has 1 saturated heterocycles. The van der Waals surface area contributed by atoms with Crippen LogP contribution in [0, 0.1) is 5.92 Å². The molecule has 0 bridgehead atoms. The molecule has 1 aliphatic carbocycles. The predicted octanol–water partition coefficient (Wildman–Crippen LogP) is 2.34. The van der Waals surface area contributed by atoms with Gasteiger partial charge >= 0.3 is 6.09 Å². The molecule has 0 radical (unpaired) electrons. The van der Waals surface area contributed by atoms with Crippen molar-refractivity contribution in [3.05, 3.63) is 0 Å². The number of likely N-dealkylation sites (tertiary alicyclic amines) is 1. The highest BCUT2D eigenvalue weighted by atomic mass is 16.6. The minimum Gasteiger partial charge on any atom is -0.444 e. The first kappa shape index (κ1) is 13.7. The van der Waals surface area contributed by atoms with Crippen molar-refractivity contribution in [2.24, 2.45) is 5.92 Å². The molecule has 104 valence electrons. The number of hydrogen-bond donors (Lipinski definition) is 0.